The number of carboxylic acids is 1. The lowest BCUT2D eigenvalue weighted by Crippen LogP contribution is -2.43. The summed E-state index contributed by atoms with van der Waals surface area (Å²) in [7, 11) is 0. The van der Waals surface area contributed by atoms with Gasteiger partial charge in [-0.15, -0.1) is 10.2 Å². The van der Waals surface area contributed by atoms with Crippen LogP contribution in [0, 0.1) is 6.92 Å². The van der Waals surface area contributed by atoms with Gasteiger partial charge in [-0.25, -0.2) is 0 Å². The number of aryl methyl sites for hydroxylation is 1. The van der Waals surface area contributed by atoms with Crippen molar-refractivity contribution >= 4 is 11.9 Å². The van der Waals surface area contributed by atoms with E-state index in [1.807, 2.05) is 45.0 Å². The Morgan fingerprint density at radius 2 is 1.96 bits per heavy atom. The summed E-state index contributed by atoms with van der Waals surface area (Å²) in [6.45, 7) is 5.21. The first-order valence-electron chi connectivity index (χ1n) is 7.76. The van der Waals surface area contributed by atoms with Crippen LogP contribution in [0.5, 0.6) is 0 Å². The van der Waals surface area contributed by atoms with E-state index in [1.165, 1.54) is 9.70 Å². The maximum Gasteiger partial charge on any atom is 0.323 e. The van der Waals surface area contributed by atoms with Crippen molar-refractivity contribution in [3.63, 3.8) is 0 Å². The number of carboxylic acid groups (broad SMARTS) is 1. The Balaban J connectivity index is 2.11. The fraction of sp³-hybridized carbons (Fsp3) is 0.438. The van der Waals surface area contributed by atoms with Crippen molar-refractivity contribution in [1.82, 2.24) is 25.1 Å². The molecule has 8 nitrogen and oxygen atoms in total. The molecule has 0 spiro atoms. The minimum absolute atomic E-state index is 0.142. The Morgan fingerprint density at radius 1 is 1.29 bits per heavy atom. The average Bonchev–Trinajstić information content (AvgIpc) is 3.00. The molecule has 1 aromatic carbocycles. The molecule has 2 rings (SSSR count). The van der Waals surface area contributed by atoms with E-state index in [0.717, 1.165) is 11.1 Å². The molecule has 0 radical (unpaired) electrons. The van der Waals surface area contributed by atoms with E-state index in [4.69, 9.17) is 5.11 Å². The summed E-state index contributed by atoms with van der Waals surface area (Å²) in [6, 6.07) is 7.48. The van der Waals surface area contributed by atoms with E-state index < -0.39 is 5.97 Å². The number of carbonyl (C=O) groups excluding carboxylic acids is 1. The van der Waals surface area contributed by atoms with Crippen molar-refractivity contribution in [3.8, 4) is 11.4 Å². The number of hydrogen-bond donors (Lipinski definition) is 1. The highest BCUT2D eigenvalue weighted by Gasteiger charge is 2.22. The second-order valence-corrected chi connectivity index (χ2v) is 5.68. The third-order valence-corrected chi connectivity index (χ3v) is 3.79. The molecule has 1 unspecified atom stereocenters. The molecule has 0 saturated carbocycles. The molecule has 1 N–H and O–H groups in total. The highest BCUT2D eigenvalue weighted by Crippen LogP contribution is 2.14. The third kappa shape index (κ3) is 4.37. The maximum atomic E-state index is 12.4. The van der Waals surface area contributed by atoms with Crippen molar-refractivity contribution in [1.29, 1.82) is 0 Å². The highest BCUT2D eigenvalue weighted by molar-refractivity contribution is 5.81. The molecule has 8 heteroatoms. The Morgan fingerprint density at radius 3 is 2.54 bits per heavy atom. The van der Waals surface area contributed by atoms with Crippen molar-refractivity contribution in [3.05, 3.63) is 29.8 Å². The summed E-state index contributed by atoms with van der Waals surface area (Å²) in [6.07, 6.45) is 0.665. The van der Waals surface area contributed by atoms with Gasteiger partial charge in [-0.1, -0.05) is 36.8 Å². The minimum Gasteiger partial charge on any atom is -0.480 e. The number of aromatic nitrogens is 4. The fourth-order valence-electron chi connectivity index (χ4n) is 2.20. The SMILES string of the molecule is CCC(C)N(CC(=O)O)C(=O)Cn1nnc(-c2ccc(C)cc2)n1. The summed E-state index contributed by atoms with van der Waals surface area (Å²) in [5.41, 5.74) is 1.93. The zero-order chi connectivity index (χ0) is 17.7. The van der Waals surface area contributed by atoms with Gasteiger partial charge in [0.2, 0.25) is 11.7 Å². The molecule has 0 fully saturated rings. The number of hydrogen-bond acceptors (Lipinski definition) is 5. The van der Waals surface area contributed by atoms with Crippen molar-refractivity contribution in [2.24, 2.45) is 0 Å². The molecule has 1 atom stereocenters. The Labute approximate surface area is 140 Å². The zero-order valence-corrected chi connectivity index (χ0v) is 14.0. The third-order valence-electron chi connectivity index (χ3n) is 3.79. The first-order valence-corrected chi connectivity index (χ1v) is 7.76. The number of amides is 1. The quantitative estimate of drug-likeness (QED) is 0.822. The van der Waals surface area contributed by atoms with E-state index in [1.54, 1.807) is 0 Å². The predicted molar refractivity (Wildman–Crippen MR) is 87.1 cm³/mol. The van der Waals surface area contributed by atoms with Crippen LogP contribution in [-0.4, -0.2) is 54.7 Å². The molecule has 1 amide bonds. The molecular weight excluding hydrogens is 310 g/mol. The Kier molecular flexibility index (Phi) is 5.62. The zero-order valence-electron chi connectivity index (χ0n) is 14.0. The van der Waals surface area contributed by atoms with Gasteiger partial charge in [0.05, 0.1) is 0 Å². The smallest absolute Gasteiger partial charge is 0.323 e. The molecule has 0 saturated heterocycles. The molecule has 1 aromatic heterocycles. The first kappa shape index (κ1) is 17.6. The van der Waals surface area contributed by atoms with Crippen LogP contribution in [0.15, 0.2) is 24.3 Å². The van der Waals surface area contributed by atoms with Crippen molar-refractivity contribution in [2.45, 2.75) is 39.8 Å². The molecule has 0 bridgehead atoms. The molecule has 1 heterocycles. The van der Waals surface area contributed by atoms with Gasteiger partial charge in [0.25, 0.3) is 0 Å². The molecule has 0 aliphatic rings. The second-order valence-electron chi connectivity index (χ2n) is 5.68. The van der Waals surface area contributed by atoms with Gasteiger partial charge >= 0.3 is 5.97 Å². The van der Waals surface area contributed by atoms with Crippen LogP contribution >= 0.6 is 0 Å². The van der Waals surface area contributed by atoms with Crippen molar-refractivity contribution in [2.75, 3.05) is 6.54 Å². The van der Waals surface area contributed by atoms with Gasteiger partial charge in [-0.3, -0.25) is 9.59 Å². The minimum atomic E-state index is -1.05. The first-order chi connectivity index (χ1) is 11.4. The molecule has 0 aliphatic carbocycles. The van der Waals surface area contributed by atoms with Crippen LogP contribution in [0.2, 0.25) is 0 Å². The van der Waals surface area contributed by atoms with Gasteiger partial charge < -0.3 is 10.0 Å². The normalized spacial score (nSPS) is 12.0. The highest BCUT2D eigenvalue weighted by atomic mass is 16.4. The summed E-state index contributed by atoms with van der Waals surface area (Å²) < 4.78 is 0. The molecule has 128 valence electrons. The number of tetrazole rings is 1. The predicted octanol–water partition coefficient (Wildman–Crippen LogP) is 1.36. The van der Waals surface area contributed by atoms with Gasteiger partial charge in [0, 0.05) is 11.6 Å². The second kappa shape index (κ2) is 7.67. The number of rotatable bonds is 7. The summed E-state index contributed by atoms with van der Waals surface area (Å²) in [4.78, 5) is 25.8. The maximum absolute atomic E-state index is 12.4. The lowest BCUT2D eigenvalue weighted by atomic mass is 10.1. The van der Waals surface area contributed by atoms with E-state index in [2.05, 4.69) is 15.4 Å². The van der Waals surface area contributed by atoms with Gasteiger partial charge in [0.15, 0.2) is 0 Å². The van der Waals surface area contributed by atoms with Crippen LogP contribution in [0.25, 0.3) is 11.4 Å². The number of aliphatic carboxylic acids is 1. The van der Waals surface area contributed by atoms with Crippen molar-refractivity contribution < 1.29 is 14.7 Å². The summed E-state index contributed by atoms with van der Waals surface area (Å²) in [5.74, 6) is -0.966. The van der Waals surface area contributed by atoms with Gasteiger partial charge in [0.1, 0.15) is 13.1 Å². The summed E-state index contributed by atoms with van der Waals surface area (Å²) >= 11 is 0. The lowest BCUT2D eigenvalue weighted by molar-refractivity contribution is -0.146. The Hall–Kier alpha value is -2.77. The number of nitrogens with zero attached hydrogens (tertiary/aromatic N) is 5. The molecule has 0 aliphatic heterocycles. The fourth-order valence-corrected chi connectivity index (χ4v) is 2.20. The molecular formula is C16H21N5O3. The van der Waals surface area contributed by atoms with Crippen LogP contribution in [0.3, 0.4) is 0 Å². The van der Waals surface area contributed by atoms with Crippen LogP contribution in [0.4, 0.5) is 0 Å². The number of benzene rings is 1. The number of carbonyl (C=O) groups is 2. The van der Waals surface area contributed by atoms with Crippen LogP contribution in [0.1, 0.15) is 25.8 Å². The molecule has 2 aromatic rings. The van der Waals surface area contributed by atoms with Crippen LogP contribution < -0.4 is 0 Å². The van der Waals surface area contributed by atoms with E-state index in [0.29, 0.717) is 12.2 Å². The van der Waals surface area contributed by atoms with E-state index in [9.17, 15) is 9.59 Å². The molecule has 24 heavy (non-hydrogen) atoms. The van der Waals surface area contributed by atoms with Crippen LogP contribution in [-0.2, 0) is 16.1 Å². The average molecular weight is 331 g/mol. The van der Waals surface area contributed by atoms with E-state index >= 15 is 0 Å². The largest absolute Gasteiger partial charge is 0.480 e. The van der Waals surface area contributed by atoms with Gasteiger partial charge in [-0.05, 0) is 25.5 Å². The standard InChI is InChI=1S/C16H21N5O3/c1-4-12(3)20(10-15(23)24)14(22)9-21-18-16(17-19-21)13-7-5-11(2)6-8-13/h5-8,12H,4,9-10H2,1-3H3,(H,23,24). The monoisotopic (exact) mass is 331 g/mol. The Bertz CT molecular complexity index is 711. The lowest BCUT2D eigenvalue weighted by Gasteiger charge is -2.26. The van der Waals surface area contributed by atoms with E-state index in [-0.39, 0.29) is 25.0 Å². The summed E-state index contributed by atoms with van der Waals surface area (Å²) in [5, 5.41) is 21.0. The van der Waals surface area contributed by atoms with Gasteiger partial charge in [-0.2, -0.15) is 4.80 Å². The topological polar surface area (TPSA) is 101 Å².